The van der Waals surface area contributed by atoms with Crippen LogP contribution < -0.4 is 9.46 Å². The number of anilines is 1. The minimum Gasteiger partial charge on any atom is -0.497 e. The van der Waals surface area contributed by atoms with Crippen LogP contribution >= 0.6 is 0 Å². The summed E-state index contributed by atoms with van der Waals surface area (Å²) in [7, 11) is -2.28. The Balaban J connectivity index is 1.23. The number of benzene rings is 2. The van der Waals surface area contributed by atoms with Gasteiger partial charge in [-0.1, -0.05) is 12.1 Å². The predicted octanol–water partition coefficient (Wildman–Crippen LogP) is 5.18. The van der Waals surface area contributed by atoms with Crippen molar-refractivity contribution in [2.24, 2.45) is 5.92 Å². The molecule has 2 fully saturated rings. The Morgan fingerprint density at radius 3 is 2.38 bits per heavy atom. The SMILES string of the molecule is COc1cc(C)c(S(=O)(=O)Nc2cccc3ccn(CCC(=O)N4CCC(CCN5CCCC5)CC4)c23)c(C)c1. The van der Waals surface area contributed by atoms with Gasteiger partial charge < -0.3 is 19.1 Å². The largest absolute Gasteiger partial charge is 0.497 e. The Morgan fingerprint density at radius 2 is 1.70 bits per heavy atom. The van der Waals surface area contributed by atoms with Crippen LogP contribution in [0.2, 0.25) is 0 Å². The van der Waals surface area contributed by atoms with E-state index in [4.69, 9.17) is 4.74 Å². The van der Waals surface area contributed by atoms with Gasteiger partial charge in [-0.25, -0.2) is 8.42 Å². The first-order valence-electron chi connectivity index (χ1n) is 14.5. The number of para-hydroxylation sites is 1. The smallest absolute Gasteiger partial charge is 0.262 e. The number of hydrogen-bond donors (Lipinski definition) is 1. The number of nitrogens with one attached hydrogen (secondary N) is 1. The van der Waals surface area contributed by atoms with Crippen LogP contribution in [0.4, 0.5) is 5.69 Å². The van der Waals surface area contributed by atoms with Crippen LogP contribution in [0, 0.1) is 19.8 Å². The summed E-state index contributed by atoms with van der Waals surface area (Å²) in [5.74, 6) is 1.51. The summed E-state index contributed by atoms with van der Waals surface area (Å²) in [6.07, 6.45) is 8.40. The van der Waals surface area contributed by atoms with E-state index in [0.717, 1.165) is 36.8 Å². The zero-order chi connectivity index (χ0) is 28.3. The molecule has 2 aliphatic heterocycles. The molecule has 0 atom stereocenters. The third-order valence-corrected chi connectivity index (χ3v) is 10.2. The molecule has 0 spiro atoms. The van der Waals surface area contributed by atoms with Gasteiger partial charge in [0.15, 0.2) is 0 Å². The molecular weight excluding hydrogens is 524 g/mol. The third kappa shape index (κ3) is 6.31. The molecule has 0 bridgehead atoms. The molecule has 0 saturated carbocycles. The van der Waals surface area contributed by atoms with Crippen molar-refractivity contribution in [2.75, 3.05) is 44.6 Å². The number of likely N-dealkylation sites (tertiary alicyclic amines) is 2. The highest BCUT2D eigenvalue weighted by molar-refractivity contribution is 7.92. The minimum atomic E-state index is -3.85. The van der Waals surface area contributed by atoms with Gasteiger partial charge in [-0.15, -0.1) is 0 Å². The molecule has 216 valence electrons. The fourth-order valence-corrected chi connectivity index (χ4v) is 7.92. The van der Waals surface area contributed by atoms with Gasteiger partial charge in [-0.05, 0) is 107 Å². The number of nitrogens with zero attached hydrogens (tertiary/aromatic N) is 3. The van der Waals surface area contributed by atoms with Crippen LogP contribution in [0.15, 0.2) is 47.5 Å². The summed E-state index contributed by atoms with van der Waals surface area (Å²) in [6, 6.07) is 11.0. The molecular formula is C31H42N4O4S. The second-order valence-electron chi connectivity index (χ2n) is 11.4. The first-order chi connectivity index (χ1) is 19.2. The van der Waals surface area contributed by atoms with Gasteiger partial charge in [-0.2, -0.15) is 0 Å². The number of carbonyl (C=O) groups excluding carboxylic acids is 1. The lowest BCUT2D eigenvalue weighted by Crippen LogP contribution is -2.39. The van der Waals surface area contributed by atoms with Crippen molar-refractivity contribution in [3.63, 3.8) is 0 Å². The number of amides is 1. The van der Waals surface area contributed by atoms with Crippen molar-refractivity contribution in [2.45, 2.75) is 63.8 Å². The maximum Gasteiger partial charge on any atom is 0.262 e. The van der Waals surface area contributed by atoms with Gasteiger partial charge in [0.2, 0.25) is 5.91 Å². The Labute approximate surface area is 238 Å². The van der Waals surface area contributed by atoms with E-state index in [1.807, 2.05) is 33.9 Å². The van der Waals surface area contributed by atoms with Crippen LogP contribution in [-0.4, -0.2) is 68.5 Å². The Hall–Kier alpha value is -3.04. The number of ether oxygens (including phenoxy) is 1. The number of piperidine rings is 1. The molecule has 9 heteroatoms. The predicted molar refractivity (Wildman–Crippen MR) is 159 cm³/mol. The standard InChI is InChI=1S/C31H42N4O4S/c1-23-21-27(39-3)22-24(2)31(23)40(37,38)32-28-8-6-7-26-12-19-35(30(26)28)20-13-29(36)34-17-10-25(11-18-34)9-16-33-14-4-5-15-33/h6-8,12,19,21-22,25,32H,4-5,9-11,13-18,20H2,1-3H3. The Bertz CT molecular complexity index is 1430. The number of rotatable bonds is 10. The van der Waals surface area contributed by atoms with E-state index < -0.39 is 10.0 Å². The number of aryl methyl sites for hydroxylation is 3. The normalized spacial score (nSPS) is 17.0. The molecule has 40 heavy (non-hydrogen) atoms. The van der Waals surface area contributed by atoms with E-state index in [9.17, 15) is 13.2 Å². The summed E-state index contributed by atoms with van der Waals surface area (Å²) < 4.78 is 37.1. The van der Waals surface area contributed by atoms with Crippen molar-refractivity contribution >= 4 is 32.5 Å². The molecule has 0 radical (unpaired) electrons. The van der Waals surface area contributed by atoms with Gasteiger partial charge >= 0.3 is 0 Å². The zero-order valence-electron chi connectivity index (χ0n) is 24.0. The van der Waals surface area contributed by atoms with Gasteiger partial charge in [0.05, 0.1) is 23.2 Å². The molecule has 0 unspecified atom stereocenters. The number of aromatic nitrogens is 1. The second kappa shape index (κ2) is 12.2. The highest BCUT2D eigenvalue weighted by atomic mass is 32.2. The zero-order valence-corrected chi connectivity index (χ0v) is 24.8. The van der Waals surface area contributed by atoms with Crippen LogP contribution in [0.1, 0.15) is 49.7 Å². The molecule has 5 rings (SSSR count). The lowest BCUT2D eigenvalue weighted by Gasteiger charge is -2.33. The van der Waals surface area contributed by atoms with E-state index in [1.54, 1.807) is 39.2 Å². The van der Waals surface area contributed by atoms with E-state index >= 15 is 0 Å². The monoisotopic (exact) mass is 566 g/mol. The second-order valence-corrected chi connectivity index (χ2v) is 13.0. The quantitative estimate of drug-likeness (QED) is 0.366. The average Bonchev–Trinajstić information content (AvgIpc) is 3.60. The summed E-state index contributed by atoms with van der Waals surface area (Å²) in [5, 5.41) is 0.926. The van der Waals surface area contributed by atoms with Gasteiger partial charge in [0, 0.05) is 37.6 Å². The van der Waals surface area contributed by atoms with E-state index in [2.05, 4.69) is 9.62 Å². The summed E-state index contributed by atoms with van der Waals surface area (Å²) in [6.45, 7) is 9.40. The molecule has 3 heterocycles. The molecule has 1 aromatic heterocycles. The Kier molecular flexibility index (Phi) is 8.71. The maximum atomic E-state index is 13.5. The van der Waals surface area contributed by atoms with E-state index in [1.165, 1.54) is 38.9 Å². The molecule has 8 nitrogen and oxygen atoms in total. The average molecular weight is 567 g/mol. The van der Waals surface area contributed by atoms with Gasteiger partial charge in [0.1, 0.15) is 5.75 Å². The summed E-state index contributed by atoms with van der Waals surface area (Å²) in [4.78, 5) is 18.0. The first-order valence-corrected chi connectivity index (χ1v) is 16.0. The third-order valence-electron chi connectivity index (χ3n) is 8.56. The molecule has 1 amide bonds. The van der Waals surface area contributed by atoms with E-state index in [0.29, 0.717) is 41.4 Å². The van der Waals surface area contributed by atoms with Crippen molar-refractivity contribution in [1.29, 1.82) is 0 Å². The summed E-state index contributed by atoms with van der Waals surface area (Å²) in [5.41, 5.74) is 2.53. The van der Waals surface area contributed by atoms with Crippen molar-refractivity contribution in [3.05, 3.63) is 53.7 Å². The first kappa shape index (κ1) is 28.5. The van der Waals surface area contributed by atoms with Crippen LogP contribution in [0.5, 0.6) is 5.75 Å². The lowest BCUT2D eigenvalue weighted by atomic mass is 9.93. The summed E-state index contributed by atoms with van der Waals surface area (Å²) >= 11 is 0. The highest BCUT2D eigenvalue weighted by Crippen LogP contribution is 2.31. The molecule has 2 aromatic carbocycles. The fraction of sp³-hybridized carbons (Fsp3) is 0.516. The topological polar surface area (TPSA) is 83.9 Å². The molecule has 0 aliphatic carbocycles. The fourth-order valence-electron chi connectivity index (χ4n) is 6.39. The van der Waals surface area contributed by atoms with Crippen LogP contribution in [-0.2, 0) is 21.4 Å². The van der Waals surface area contributed by atoms with Crippen LogP contribution in [0.3, 0.4) is 0 Å². The highest BCUT2D eigenvalue weighted by Gasteiger charge is 2.25. The Morgan fingerprint density at radius 1 is 1.00 bits per heavy atom. The molecule has 1 N–H and O–H groups in total. The molecule has 3 aromatic rings. The molecule has 2 aliphatic rings. The van der Waals surface area contributed by atoms with Gasteiger partial charge in [-0.3, -0.25) is 9.52 Å². The number of carbonyl (C=O) groups is 1. The van der Waals surface area contributed by atoms with Crippen molar-refractivity contribution in [3.8, 4) is 5.75 Å². The minimum absolute atomic E-state index is 0.169. The van der Waals surface area contributed by atoms with Gasteiger partial charge in [0.25, 0.3) is 10.0 Å². The number of sulfonamides is 1. The number of hydrogen-bond acceptors (Lipinski definition) is 5. The van der Waals surface area contributed by atoms with Crippen molar-refractivity contribution in [1.82, 2.24) is 14.4 Å². The maximum absolute atomic E-state index is 13.5. The van der Waals surface area contributed by atoms with Crippen LogP contribution in [0.25, 0.3) is 10.9 Å². The van der Waals surface area contributed by atoms with Crippen molar-refractivity contribution < 1.29 is 17.9 Å². The number of fused-ring (bicyclic) bond motifs is 1. The molecule has 2 saturated heterocycles. The van der Waals surface area contributed by atoms with E-state index in [-0.39, 0.29) is 10.8 Å². The number of methoxy groups -OCH3 is 1. The lowest BCUT2D eigenvalue weighted by molar-refractivity contribution is -0.132.